The average molecular weight is 570 g/mol. The van der Waals surface area contributed by atoms with E-state index in [4.69, 9.17) is 0 Å². The van der Waals surface area contributed by atoms with Crippen molar-refractivity contribution >= 4 is 29.9 Å². The molecule has 0 bridgehead atoms. The highest BCUT2D eigenvalue weighted by Gasteiger charge is 2.29. The molecule has 1 rings (SSSR count). The fourth-order valence-corrected chi connectivity index (χ4v) is 2.48. The lowest BCUT2D eigenvalue weighted by molar-refractivity contribution is -0.176. The first kappa shape index (κ1) is 29.7. The van der Waals surface area contributed by atoms with Crippen molar-refractivity contribution in [2.45, 2.75) is 38.8 Å². The first-order valence-electron chi connectivity index (χ1n) is 9.48. The van der Waals surface area contributed by atoms with Crippen LogP contribution in [0.3, 0.4) is 0 Å². The molecule has 0 aliphatic heterocycles. The summed E-state index contributed by atoms with van der Waals surface area (Å²) in [5.41, 5.74) is 1.48. The van der Waals surface area contributed by atoms with Gasteiger partial charge in [0.15, 0.2) is 5.96 Å². The predicted molar refractivity (Wildman–Crippen MR) is 119 cm³/mol. The van der Waals surface area contributed by atoms with E-state index in [0.717, 1.165) is 5.56 Å². The molecule has 0 aliphatic carbocycles. The molecule has 0 unspecified atom stereocenters. The van der Waals surface area contributed by atoms with Crippen molar-refractivity contribution in [2.24, 2.45) is 4.99 Å². The summed E-state index contributed by atoms with van der Waals surface area (Å²) in [5, 5.41) is 6.12. The molecule has 2 N–H and O–H groups in total. The van der Waals surface area contributed by atoms with E-state index in [9.17, 15) is 26.3 Å². The summed E-state index contributed by atoms with van der Waals surface area (Å²) in [4.78, 5) is 5.62. The minimum atomic E-state index is -4.35. The molecular formula is C19H29F6IN4O. The van der Waals surface area contributed by atoms with Crippen LogP contribution in [0.5, 0.6) is 0 Å². The molecule has 0 aliphatic rings. The molecule has 31 heavy (non-hydrogen) atoms. The highest BCUT2D eigenvalue weighted by atomic mass is 127. The Morgan fingerprint density at radius 1 is 1.00 bits per heavy atom. The Hall–Kier alpha value is -1.28. The zero-order valence-electron chi connectivity index (χ0n) is 17.4. The molecule has 12 heteroatoms. The fraction of sp³-hybridized carbons (Fsp3) is 0.632. The maximum absolute atomic E-state index is 12.3. The zero-order valence-corrected chi connectivity index (χ0v) is 19.8. The van der Waals surface area contributed by atoms with Gasteiger partial charge < -0.3 is 15.4 Å². The average Bonchev–Trinajstić information content (AvgIpc) is 2.61. The van der Waals surface area contributed by atoms with Crippen LogP contribution in [0.1, 0.15) is 24.5 Å². The molecule has 0 radical (unpaired) electrons. The van der Waals surface area contributed by atoms with E-state index in [0.29, 0.717) is 44.1 Å². The Balaban J connectivity index is 0.00000900. The van der Waals surface area contributed by atoms with Gasteiger partial charge in [-0.2, -0.15) is 26.3 Å². The second-order valence-corrected chi connectivity index (χ2v) is 6.75. The van der Waals surface area contributed by atoms with E-state index in [-0.39, 0.29) is 30.6 Å². The van der Waals surface area contributed by atoms with Crippen molar-refractivity contribution in [3.05, 3.63) is 35.4 Å². The second-order valence-electron chi connectivity index (χ2n) is 6.75. The van der Waals surface area contributed by atoms with Crippen LogP contribution in [-0.2, 0) is 17.9 Å². The van der Waals surface area contributed by atoms with Gasteiger partial charge in [-0.05, 0) is 38.1 Å². The number of hydrogen-bond acceptors (Lipinski definition) is 3. The largest absolute Gasteiger partial charge is 0.411 e. The predicted octanol–water partition coefficient (Wildman–Crippen LogP) is 4.32. The normalized spacial score (nSPS) is 12.6. The number of halogens is 7. The summed E-state index contributed by atoms with van der Waals surface area (Å²) in [6.07, 6.45) is -8.04. The van der Waals surface area contributed by atoms with Crippen molar-refractivity contribution in [3.8, 4) is 0 Å². The summed E-state index contributed by atoms with van der Waals surface area (Å²) in [7, 11) is 1.42. The molecule has 0 aromatic heterocycles. The molecule has 0 spiro atoms. The lowest BCUT2D eigenvalue weighted by atomic mass is 10.1. The third-order valence-electron chi connectivity index (χ3n) is 3.78. The van der Waals surface area contributed by atoms with E-state index in [1.165, 1.54) is 11.9 Å². The highest BCUT2D eigenvalue weighted by Crippen LogP contribution is 2.16. The number of guanidine groups is 1. The number of alkyl halides is 6. The first-order chi connectivity index (χ1) is 14.0. The molecule has 0 saturated carbocycles. The van der Waals surface area contributed by atoms with Gasteiger partial charge in [0.05, 0.1) is 19.7 Å². The smallest absolute Gasteiger partial charge is 0.367 e. The third-order valence-corrected chi connectivity index (χ3v) is 3.78. The van der Waals surface area contributed by atoms with Crippen LogP contribution in [0.25, 0.3) is 0 Å². The van der Waals surface area contributed by atoms with Gasteiger partial charge in [-0.3, -0.25) is 4.90 Å². The Morgan fingerprint density at radius 2 is 1.61 bits per heavy atom. The van der Waals surface area contributed by atoms with Crippen LogP contribution < -0.4 is 10.6 Å². The highest BCUT2D eigenvalue weighted by molar-refractivity contribution is 14.0. The van der Waals surface area contributed by atoms with Gasteiger partial charge in [0, 0.05) is 13.1 Å². The Labute approximate surface area is 195 Å². The number of benzene rings is 1. The fourth-order valence-electron chi connectivity index (χ4n) is 2.48. The minimum absolute atomic E-state index is 0. The van der Waals surface area contributed by atoms with Crippen LogP contribution in [0.2, 0.25) is 0 Å². The van der Waals surface area contributed by atoms with Gasteiger partial charge >= 0.3 is 12.4 Å². The van der Waals surface area contributed by atoms with Crippen molar-refractivity contribution in [3.63, 3.8) is 0 Å². The Morgan fingerprint density at radius 3 is 2.16 bits per heavy atom. The number of hydrogen-bond donors (Lipinski definition) is 2. The van der Waals surface area contributed by atoms with Crippen molar-refractivity contribution in [1.29, 1.82) is 0 Å². The summed E-state index contributed by atoms with van der Waals surface area (Å²) in [6.45, 7) is 1.25. The van der Waals surface area contributed by atoms with Crippen molar-refractivity contribution in [2.75, 3.05) is 39.8 Å². The van der Waals surface area contributed by atoms with Crippen LogP contribution in [-0.4, -0.2) is 63.0 Å². The summed E-state index contributed by atoms with van der Waals surface area (Å²) in [5.74, 6) is 0.536. The molecule has 0 heterocycles. The number of aliphatic imine (C=N–C) groups is 1. The van der Waals surface area contributed by atoms with E-state index in [1.54, 1.807) is 24.3 Å². The quantitative estimate of drug-likeness (QED) is 0.137. The van der Waals surface area contributed by atoms with E-state index < -0.39 is 25.5 Å². The monoisotopic (exact) mass is 570 g/mol. The van der Waals surface area contributed by atoms with Gasteiger partial charge in [-0.1, -0.05) is 24.3 Å². The van der Waals surface area contributed by atoms with Gasteiger partial charge in [0.25, 0.3) is 0 Å². The van der Waals surface area contributed by atoms with E-state index in [1.807, 2.05) is 6.92 Å². The van der Waals surface area contributed by atoms with E-state index in [2.05, 4.69) is 20.4 Å². The van der Waals surface area contributed by atoms with Crippen molar-refractivity contribution in [1.82, 2.24) is 15.5 Å². The molecule has 0 fully saturated rings. The summed E-state index contributed by atoms with van der Waals surface area (Å²) in [6, 6.07) is 6.87. The summed E-state index contributed by atoms with van der Waals surface area (Å²) >= 11 is 0. The Bertz CT molecular complexity index is 638. The molecule has 1 aromatic rings. The SMILES string of the molecule is CCNC(=NCc1ccc(COCC(F)(F)F)cc1)NCCCN(C)CC(F)(F)F.I. The minimum Gasteiger partial charge on any atom is -0.367 e. The zero-order chi connectivity index (χ0) is 22.6. The lowest BCUT2D eigenvalue weighted by Crippen LogP contribution is -2.39. The van der Waals surface area contributed by atoms with E-state index >= 15 is 0 Å². The number of nitrogens with one attached hydrogen (secondary N) is 2. The standard InChI is InChI=1S/C19H28F6N4O.HI/c1-3-26-17(27-9-4-10-29(2)13-18(20,21)22)28-11-15-5-7-16(8-6-15)12-30-14-19(23,24)25;/h5-8H,3-4,9-14H2,1-2H3,(H2,26,27,28);1H. The van der Waals surface area contributed by atoms with Crippen LogP contribution in [0.4, 0.5) is 26.3 Å². The third kappa shape index (κ3) is 16.1. The van der Waals surface area contributed by atoms with Gasteiger partial charge in [0.1, 0.15) is 6.61 Å². The summed E-state index contributed by atoms with van der Waals surface area (Å²) < 4.78 is 77.7. The van der Waals surface area contributed by atoms with Gasteiger partial charge in [-0.15, -0.1) is 24.0 Å². The Kier molecular flexibility index (Phi) is 14.1. The molecule has 1 aromatic carbocycles. The van der Waals surface area contributed by atoms with Crippen LogP contribution >= 0.6 is 24.0 Å². The number of nitrogens with zero attached hydrogens (tertiary/aromatic N) is 2. The van der Waals surface area contributed by atoms with Crippen molar-refractivity contribution < 1.29 is 31.1 Å². The lowest BCUT2D eigenvalue weighted by Gasteiger charge is -2.19. The molecular weight excluding hydrogens is 541 g/mol. The van der Waals surface area contributed by atoms with Crippen LogP contribution in [0.15, 0.2) is 29.3 Å². The second kappa shape index (κ2) is 14.7. The maximum Gasteiger partial charge on any atom is 0.411 e. The molecule has 0 atom stereocenters. The molecule has 5 nitrogen and oxygen atoms in total. The van der Waals surface area contributed by atoms with Gasteiger partial charge in [0.2, 0.25) is 0 Å². The first-order valence-corrected chi connectivity index (χ1v) is 9.48. The maximum atomic E-state index is 12.3. The topological polar surface area (TPSA) is 48.9 Å². The van der Waals surface area contributed by atoms with Crippen LogP contribution in [0, 0.1) is 0 Å². The molecule has 0 amide bonds. The molecule has 0 saturated heterocycles. The van der Waals surface area contributed by atoms with Gasteiger partial charge in [-0.25, -0.2) is 4.99 Å². The number of rotatable bonds is 11. The number of ether oxygens (including phenoxy) is 1. The molecule has 180 valence electrons.